The van der Waals surface area contributed by atoms with Gasteiger partial charge >= 0.3 is 0 Å². The topological polar surface area (TPSA) is 67.3 Å². The monoisotopic (exact) mass is 428 g/mol. The lowest BCUT2D eigenvalue weighted by atomic mass is 10.2. The Kier molecular flexibility index (Phi) is 7.55. The molecule has 0 saturated carbocycles. The molecule has 2 aromatic carbocycles. The van der Waals surface area contributed by atoms with Gasteiger partial charge < -0.3 is 15.5 Å². The summed E-state index contributed by atoms with van der Waals surface area (Å²) < 4.78 is 3.09. The summed E-state index contributed by atoms with van der Waals surface area (Å²) in [5.41, 5.74) is 8.69. The normalized spacial score (nSPS) is 11.7. The molecule has 5 N–H and O–H groups in total. The molecule has 0 radical (unpaired) electrons. The third kappa shape index (κ3) is 5.76. The lowest BCUT2D eigenvalue weighted by Crippen LogP contribution is -2.31. The fraction of sp³-hybridized carbons (Fsp3) is 0.111. The van der Waals surface area contributed by atoms with Gasteiger partial charge in [-0.3, -0.25) is 0 Å². The van der Waals surface area contributed by atoms with E-state index in [1.165, 1.54) is 17.0 Å². The van der Waals surface area contributed by atoms with Crippen molar-refractivity contribution in [2.75, 3.05) is 0 Å². The zero-order valence-electron chi connectivity index (χ0n) is 14.1. The van der Waals surface area contributed by atoms with E-state index in [1.54, 1.807) is 18.2 Å². The van der Waals surface area contributed by atoms with E-state index in [0.717, 1.165) is 10.5 Å². The first-order valence-electron chi connectivity index (χ1n) is 7.58. The maximum Gasteiger partial charge on any atom is 0.0758 e. The van der Waals surface area contributed by atoms with E-state index < -0.39 is 0 Å². The molecule has 0 heterocycles. The number of nitrogens with two attached hydrogens (primary N) is 2. The Morgan fingerprint density at radius 2 is 1.77 bits per heavy atom. The van der Waals surface area contributed by atoms with Gasteiger partial charge in [-0.15, -0.1) is 0 Å². The van der Waals surface area contributed by atoms with Crippen LogP contribution in [0.1, 0.15) is 12.5 Å². The Hall–Kier alpha value is -1.50. The highest BCUT2D eigenvalue weighted by atomic mass is 35.5. The van der Waals surface area contributed by atoms with Crippen molar-refractivity contribution in [2.24, 2.45) is 11.6 Å². The molecule has 138 valence electrons. The van der Waals surface area contributed by atoms with Crippen LogP contribution in [-0.4, -0.2) is 5.01 Å². The number of rotatable bonds is 7. The van der Waals surface area contributed by atoms with Crippen molar-refractivity contribution in [3.63, 3.8) is 0 Å². The van der Waals surface area contributed by atoms with E-state index in [-0.39, 0.29) is 0 Å². The van der Waals surface area contributed by atoms with Crippen LogP contribution < -0.4 is 16.3 Å². The second-order valence-electron chi connectivity index (χ2n) is 5.52. The van der Waals surface area contributed by atoms with Crippen molar-refractivity contribution in [1.82, 2.24) is 9.73 Å². The Morgan fingerprint density at radius 1 is 1.15 bits per heavy atom. The molecule has 0 spiro atoms. The first-order valence-corrected chi connectivity index (χ1v) is 9.53. The molecule has 0 atom stereocenters. The van der Waals surface area contributed by atoms with Crippen molar-refractivity contribution in [2.45, 2.75) is 18.4 Å². The average molecular weight is 430 g/mol. The molecule has 8 heteroatoms. The van der Waals surface area contributed by atoms with E-state index in [4.69, 9.17) is 46.4 Å². The minimum absolute atomic E-state index is 0.401. The van der Waals surface area contributed by atoms with Crippen molar-refractivity contribution in [3.05, 3.63) is 86.8 Å². The second-order valence-corrected chi connectivity index (χ2v) is 7.65. The smallest absolute Gasteiger partial charge is 0.0758 e. The third-order valence-corrected chi connectivity index (χ3v) is 5.34. The van der Waals surface area contributed by atoms with Crippen LogP contribution in [-0.2, 0) is 6.54 Å². The molecule has 0 aromatic heterocycles. The van der Waals surface area contributed by atoms with Crippen molar-refractivity contribution in [1.29, 1.82) is 0 Å². The molecule has 0 aliphatic heterocycles. The number of nitrogens with zero attached hydrogens (tertiary/aromatic N) is 1. The molecular weight excluding hydrogens is 411 g/mol. The van der Waals surface area contributed by atoms with Gasteiger partial charge in [0.1, 0.15) is 0 Å². The summed E-state index contributed by atoms with van der Waals surface area (Å²) in [7, 11) is 0. The van der Waals surface area contributed by atoms with Gasteiger partial charge in [0.05, 0.1) is 28.7 Å². The maximum atomic E-state index is 6.17. The molecule has 0 amide bonds. The molecule has 4 nitrogen and oxygen atoms in total. The summed E-state index contributed by atoms with van der Waals surface area (Å²) in [4.78, 5) is 0.874. The summed E-state index contributed by atoms with van der Waals surface area (Å²) in [5, 5.41) is 3.27. The summed E-state index contributed by atoms with van der Waals surface area (Å²) in [6.07, 6.45) is 0. The fourth-order valence-corrected chi connectivity index (χ4v) is 3.57. The van der Waals surface area contributed by atoms with Crippen LogP contribution >= 0.6 is 46.8 Å². The minimum atomic E-state index is 0.401. The predicted molar refractivity (Wildman–Crippen MR) is 113 cm³/mol. The zero-order valence-corrected chi connectivity index (χ0v) is 17.2. The van der Waals surface area contributed by atoms with Crippen LogP contribution in [0.25, 0.3) is 0 Å². The lowest BCUT2D eigenvalue weighted by molar-refractivity contribution is 0.348. The van der Waals surface area contributed by atoms with Gasteiger partial charge in [-0.2, -0.15) is 0 Å². The van der Waals surface area contributed by atoms with Crippen molar-refractivity contribution in [3.8, 4) is 0 Å². The largest absolute Gasteiger partial charge is 0.396 e. The van der Waals surface area contributed by atoms with E-state index in [9.17, 15) is 0 Å². The second kappa shape index (κ2) is 9.44. The highest BCUT2D eigenvalue weighted by molar-refractivity contribution is 7.97. The standard InChI is InChI=1S/C18H19Cl3N4S/c1-11(24-26-17-6-4-3-5-16(17)21)18(22)12(2)25(23)10-13-7-14(19)9-15(20)8-13/h3-9,24H,1,10,22-23H2,2H3/b18-12-. The number of nitrogens with one attached hydrogen (secondary N) is 1. The van der Waals surface area contributed by atoms with Crippen LogP contribution in [0.15, 0.2) is 71.0 Å². The van der Waals surface area contributed by atoms with Gasteiger partial charge in [0.2, 0.25) is 0 Å². The van der Waals surface area contributed by atoms with Crippen LogP contribution in [0, 0.1) is 0 Å². The minimum Gasteiger partial charge on any atom is -0.396 e. The SMILES string of the molecule is C=C(NSc1ccccc1Cl)/C(N)=C(\C)N(N)Cc1cc(Cl)cc(Cl)c1. The summed E-state index contributed by atoms with van der Waals surface area (Å²) >= 11 is 19.5. The molecule has 2 rings (SSSR count). The Bertz CT molecular complexity index is 819. The number of hydrazine groups is 1. The average Bonchev–Trinajstić information content (AvgIpc) is 2.58. The number of hydrogen-bond acceptors (Lipinski definition) is 5. The summed E-state index contributed by atoms with van der Waals surface area (Å²) in [5.74, 6) is 6.13. The lowest BCUT2D eigenvalue weighted by Gasteiger charge is -2.22. The Morgan fingerprint density at radius 3 is 2.38 bits per heavy atom. The van der Waals surface area contributed by atoms with Gasteiger partial charge in [0, 0.05) is 14.9 Å². The first-order chi connectivity index (χ1) is 12.3. The van der Waals surface area contributed by atoms with Crippen LogP contribution in [0.3, 0.4) is 0 Å². The highest BCUT2D eigenvalue weighted by Crippen LogP contribution is 2.26. The molecule has 0 saturated heterocycles. The van der Waals surface area contributed by atoms with E-state index in [2.05, 4.69) is 11.3 Å². The number of allylic oxidation sites excluding steroid dienone is 1. The van der Waals surface area contributed by atoms with Gasteiger partial charge in [-0.1, -0.05) is 53.5 Å². The molecule has 2 aromatic rings. The van der Waals surface area contributed by atoms with E-state index >= 15 is 0 Å². The maximum absolute atomic E-state index is 6.17. The third-order valence-electron chi connectivity index (χ3n) is 3.54. The predicted octanol–water partition coefficient (Wildman–Crippen LogP) is 5.32. The Labute approximate surface area is 172 Å². The zero-order chi connectivity index (χ0) is 19.3. The molecule has 0 unspecified atom stereocenters. The molecule has 0 aliphatic rings. The molecular formula is C18H19Cl3N4S. The van der Waals surface area contributed by atoms with Gasteiger partial charge in [-0.25, -0.2) is 5.84 Å². The fourth-order valence-electron chi connectivity index (χ4n) is 2.09. The Balaban J connectivity index is 2.04. The van der Waals surface area contributed by atoms with Crippen LogP contribution in [0.4, 0.5) is 0 Å². The molecule has 26 heavy (non-hydrogen) atoms. The van der Waals surface area contributed by atoms with E-state index in [1.807, 2.05) is 31.2 Å². The van der Waals surface area contributed by atoms with Crippen LogP contribution in [0.5, 0.6) is 0 Å². The molecule has 0 aliphatic carbocycles. The van der Waals surface area contributed by atoms with Crippen molar-refractivity contribution < 1.29 is 0 Å². The van der Waals surface area contributed by atoms with Crippen molar-refractivity contribution >= 4 is 46.8 Å². The van der Waals surface area contributed by atoms with E-state index in [0.29, 0.717) is 38.7 Å². The number of hydrogen-bond donors (Lipinski definition) is 3. The van der Waals surface area contributed by atoms with Gasteiger partial charge in [0.25, 0.3) is 0 Å². The summed E-state index contributed by atoms with van der Waals surface area (Å²) in [6.45, 7) is 6.17. The molecule has 0 bridgehead atoms. The van der Waals surface area contributed by atoms with Gasteiger partial charge in [-0.05, 0) is 54.8 Å². The number of halogens is 3. The summed E-state index contributed by atoms with van der Waals surface area (Å²) in [6, 6.07) is 12.8. The number of benzene rings is 2. The van der Waals surface area contributed by atoms with Crippen LogP contribution in [0.2, 0.25) is 15.1 Å². The first kappa shape index (κ1) is 20.8. The quantitative estimate of drug-likeness (QED) is 0.240. The highest BCUT2D eigenvalue weighted by Gasteiger charge is 2.10. The molecule has 0 fully saturated rings. The van der Waals surface area contributed by atoms with Gasteiger partial charge in [0.15, 0.2) is 0 Å².